The molecule has 0 unspecified atom stereocenters. The molecule has 0 bridgehead atoms. The molecule has 0 saturated carbocycles. The number of carbonyl (C=O) groups is 1. The van der Waals surface area contributed by atoms with E-state index in [0.29, 0.717) is 58.9 Å². The number of phenolic OH excluding ortho intramolecular Hbond substituents is 2. The second-order valence-electron chi connectivity index (χ2n) is 13.6. The lowest BCUT2D eigenvalue weighted by molar-refractivity contribution is 0.103. The molecule has 0 spiro atoms. The molecule has 8 heteroatoms. The largest absolute Gasteiger partial charge is 0.507 e. The molecule has 0 aliphatic heterocycles. The number of rotatable bonds is 19. The first-order chi connectivity index (χ1) is 27.5. The van der Waals surface area contributed by atoms with E-state index in [2.05, 4.69) is 28.8 Å². The fraction of sp³-hybridized carbons (Fsp3) is 0.292. The number of aromatic hydroxyl groups is 2. The SMILES string of the molecule is CCCCCCCCOc1ccc(C(=O)c2ccccc2)c(O)c1.CCCCCCOc1ccc(-c2nc(-c3ccccc3)nc(-c3ccccc3)n2)c(O)c1. The van der Waals surface area contributed by atoms with E-state index in [1.165, 1.54) is 44.6 Å². The third-order valence-electron chi connectivity index (χ3n) is 9.19. The molecule has 0 radical (unpaired) electrons. The van der Waals surface area contributed by atoms with Crippen LogP contribution in [0.5, 0.6) is 23.0 Å². The molecular formula is C48H53N3O5. The van der Waals surface area contributed by atoms with Crippen LogP contribution in [0.15, 0.2) is 127 Å². The number of aromatic nitrogens is 3. The molecule has 5 aromatic carbocycles. The second-order valence-corrected chi connectivity index (χ2v) is 13.6. The Bertz CT molecular complexity index is 2020. The highest BCUT2D eigenvalue weighted by Gasteiger charge is 2.16. The summed E-state index contributed by atoms with van der Waals surface area (Å²) in [7, 11) is 0. The minimum absolute atomic E-state index is 0.0377. The van der Waals surface area contributed by atoms with Gasteiger partial charge in [0, 0.05) is 28.8 Å². The summed E-state index contributed by atoms with van der Waals surface area (Å²) in [6.07, 6.45) is 11.8. The van der Waals surface area contributed by atoms with E-state index >= 15 is 0 Å². The molecule has 0 amide bonds. The fourth-order valence-electron chi connectivity index (χ4n) is 6.05. The summed E-state index contributed by atoms with van der Waals surface area (Å²) in [4.78, 5) is 26.4. The Hall–Kier alpha value is -6.02. The van der Waals surface area contributed by atoms with Crippen LogP contribution in [0.1, 0.15) is 94.0 Å². The summed E-state index contributed by atoms with van der Waals surface area (Å²) in [6, 6.07) is 38.7. The molecule has 1 aromatic heterocycles. The van der Waals surface area contributed by atoms with Gasteiger partial charge in [-0.3, -0.25) is 4.79 Å². The fourth-order valence-corrected chi connectivity index (χ4v) is 6.05. The van der Waals surface area contributed by atoms with Gasteiger partial charge < -0.3 is 19.7 Å². The van der Waals surface area contributed by atoms with Gasteiger partial charge in [0.15, 0.2) is 23.3 Å². The van der Waals surface area contributed by atoms with Crippen LogP contribution >= 0.6 is 0 Å². The van der Waals surface area contributed by atoms with Gasteiger partial charge in [-0.2, -0.15) is 0 Å². The zero-order valence-corrected chi connectivity index (χ0v) is 32.6. The normalized spacial score (nSPS) is 10.7. The van der Waals surface area contributed by atoms with Gasteiger partial charge in [0.05, 0.1) is 24.3 Å². The maximum atomic E-state index is 12.4. The Balaban J connectivity index is 0.000000224. The number of ether oxygens (including phenoxy) is 2. The maximum Gasteiger partial charge on any atom is 0.196 e. The van der Waals surface area contributed by atoms with Crippen molar-refractivity contribution in [2.75, 3.05) is 13.2 Å². The molecule has 1 heterocycles. The first-order valence-electron chi connectivity index (χ1n) is 19.9. The molecule has 8 nitrogen and oxygen atoms in total. The van der Waals surface area contributed by atoms with Crippen molar-refractivity contribution in [2.45, 2.75) is 78.1 Å². The molecule has 2 N–H and O–H groups in total. The zero-order chi connectivity index (χ0) is 39.4. The molecule has 56 heavy (non-hydrogen) atoms. The highest BCUT2D eigenvalue weighted by atomic mass is 16.5. The number of hydrogen-bond donors (Lipinski definition) is 2. The van der Waals surface area contributed by atoms with Gasteiger partial charge in [-0.1, -0.05) is 156 Å². The zero-order valence-electron chi connectivity index (χ0n) is 32.6. The van der Waals surface area contributed by atoms with E-state index in [1.807, 2.05) is 84.9 Å². The van der Waals surface area contributed by atoms with E-state index in [-0.39, 0.29) is 17.3 Å². The summed E-state index contributed by atoms with van der Waals surface area (Å²) in [5.41, 5.74) is 3.18. The number of phenols is 2. The van der Waals surface area contributed by atoms with Gasteiger partial charge >= 0.3 is 0 Å². The molecular weight excluding hydrogens is 699 g/mol. The van der Waals surface area contributed by atoms with Crippen LogP contribution in [0.25, 0.3) is 34.2 Å². The van der Waals surface area contributed by atoms with Gasteiger partial charge in [0.1, 0.15) is 23.0 Å². The van der Waals surface area contributed by atoms with Crippen molar-refractivity contribution in [1.29, 1.82) is 0 Å². The Kier molecular flexibility index (Phi) is 16.4. The predicted molar refractivity (Wildman–Crippen MR) is 224 cm³/mol. The van der Waals surface area contributed by atoms with Gasteiger partial charge in [-0.05, 0) is 37.1 Å². The van der Waals surface area contributed by atoms with E-state index in [1.54, 1.807) is 36.4 Å². The highest BCUT2D eigenvalue weighted by molar-refractivity contribution is 6.10. The van der Waals surface area contributed by atoms with E-state index in [9.17, 15) is 15.0 Å². The number of nitrogens with zero attached hydrogens (tertiary/aromatic N) is 3. The summed E-state index contributed by atoms with van der Waals surface area (Å²) < 4.78 is 11.5. The lowest BCUT2D eigenvalue weighted by atomic mass is 10.0. The van der Waals surface area contributed by atoms with E-state index < -0.39 is 0 Å². The first-order valence-corrected chi connectivity index (χ1v) is 19.9. The van der Waals surface area contributed by atoms with Crippen molar-refractivity contribution in [1.82, 2.24) is 15.0 Å². The average molecular weight is 752 g/mol. The summed E-state index contributed by atoms with van der Waals surface area (Å²) in [5, 5.41) is 20.9. The molecule has 0 saturated heterocycles. The van der Waals surface area contributed by atoms with E-state index in [4.69, 9.17) is 9.47 Å². The Morgan fingerprint density at radius 3 is 1.46 bits per heavy atom. The van der Waals surface area contributed by atoms with Crippen LogP contribution in [0.2, 0.25) is 0 Å². The Morgan fingerprint density at radius 1 is 0.500 bits per heavy atom. The van der Waals surface area contributed by atoms with Crippen LogP contribution in [-0.4, -0.2) is 44.2 Å². The van der Waals surface area contributed by atoms with Gasteiger partial charge in [-0.25, -0.2) is 15.0 Å². The summed E-state index contributed by atoms with van der Waals surface area (Å²) >= 11 is 0. The van der Waals surface area contributed by atoms with Gasteiger partial charge in [-0.15, -0.1) is 0 Å². The lowest BCUT2D eigenvalue weighted by Crippen LogP contribution is -2.02. The van der Waals surface area contributed by atoms with Crippen LogP contribution in [-0.2, 0) is 0 Å². The molecule has 0 aliphatic rings. The van der Waals surface area contributed by atoms with Crippen molar-refractivity contribution < 1.29 is 24.5 Å². The van der Waals surface area contributed by atoms with E-state index in [0.717, 1.165) is 36.8 Å². The number of benzene rings is 5. The number of unbranched alkanes of at least 4 members (excludes halogenated alkanes) is 8. The van der Waals surface area contributed by atoms with Gasteiger partial charge in [0.2, 0.25) is 0 Å². The molecule has 290 valence electrons. The number of ketones is 1. The van der Waals surface area contributed by atoms with Crippen molar-refractivity contribution >= 4 is 5.78 Å². The van der Waals surface area contributed by atoms with Crippen LogP contribution in [0.3, 0.4) is 0 Å². The molecule has 6 rings (SSSR count). The Labute approximate surface area is 331 Å². The average Bonchev–Trinajstić information content (AvgIpc) is 3.24. The summed E-state index contributed by atoms with van der Waals surface area (Å²) in [6.45, 7) is 5.67. The van der Waals surface area contributed by atoms with Crippen molar-refractivity contribution in [2.24, 2.45) is 0 Å². The quantitative estimate of drug-likeness (QED) is 0.0621. The number of hydrogen-bond acceptors (Lipinski definition) is 8. The minimum Gasteiger partial charge on any atom is -0.507 e. The third-order valence-corrected chi connectivity index (χ3v) is 9.19. The molecule has 0 fully saturated rings. The van der Waals surface area contributed by atoms with Crippen LogP contribution in [0, 0.1) is 0 Å². The van der Waals surface area contributed by atoms with Crippen molar-refractivity contribution in [3.8, 4) is 57.2 Å². The molecule has 0 aliphatic carbocycles. The second kappa shape index (κ2) is 22.4. The Morgan fingerprint density at radius 2 is 0.946 bits per heavy atom. The van der Waals surface area contributed by atoms with Crippen LogP contribution in [0.4, 0.5) is 0 Å². The molecule has 6 aromatic rings. The topological polar surface area (TPSA) is 115 Å². The monoisotopic (exact) mass is 751 g/mol. The smallest absolute Gasteiger partial charge is 0.196 e. The predicted octanol–water partition coefficient (Wildman–Crippen LogP) is 11.9. The first kappa shape index (κ1) is 41.1. The minimum atomic E-state index is -0.185. The molecule has 0 atom stereocenters. The lowest BCUT2D eigenvalue weighted by Gasteiger charge is -2.11. The van der Waals surface area contributed by atoms with Crippen molar-refractivity contribution in [3.05, 3.63) is 139 Å². The third kappa shape index (κ3) is 12.5. The standard InChI is InChI=1S/C27H27N3O2.C21H26O3/c1-2-3-4-11-18-32-22-16-17-23(24(31)19-22)27-29-25(20-12-7-5-8-13-20)28-26(30-27)21-14-9-6-10-15-21;1-2-3-4-5-6-10-15-24-18-13-14-19(20(22)16-18)21(23)17-11-8-7-9-12-17/h5-10,12-17,19,31H,2-4,11,18H2,1H3;7-9,11-14,16,22H,2-6,10,15H2,1H3. The number of carbonyl (C=O) groups excluding carboxylic acids is 1. The maximum absolute atomic E-state index is 12.4. The van der Waals surface area contributed by atoms with Crippen molar-refractivity contribution in [3.63, 3.8) is 0 Å². The highest BCUT2D eigenvalue weighted by Crippen LogP contribution is 2.33. The van der Waals surface area contributed by atoms with Gasteiger partial charge in [0.25, 0.3) is 0 Å². The van der Waals surface area contributed by atoms with Crippen LogP contribution < -0.4 is 9.47 Å². The summed E-state index contributed by atoms with van der Waals surface area (Å²) in [5.74, 6) is 2.65.